The molecule has 1 amide bonds. The smallest absolute Gasteiger partial charge is 0.268 e. The van der Waals surface area contributed by atoms with Crippen LogP contribution in [0.25, 0.3) is 0 Å². The number of aliphatic hydroxyl groups is 1. The molecule has 2 aliphatic carbocycles. The monoisotopic (exact) mass is 290 g/mol. The van der Waals surface area contributed by atoms with E-state index >= 15 is 0 Å². The molecular weight excluding hydrogens is 264 g/mol. The van der Waals surface area contributed by atoms with Gasteiger partial charge in [-0.15, -0.1) is 0 Å². The molecule has 2 N–H and O–H groups in total. The summed E-state index contributed by atoms with van der Waals surface area (Å²) < 4.78 is 2.06. The molecule has 3 rings (SSSR count). The molecule has 2 fully saturated rings. The van der Waals surface area contributed by atoms with E-state index in [1.165, 1.54) is 6.42 Å². The van der Waals surface area contributed by atoms with Crippen LogP contribution in [-0.2, 0) is 0 Å². The lowest BCUT2D eigenvalue weighted by molar-refractivity contribution is -0.00793. The predicted octanol–water partition coefficient (Wildman–Crippen LogP) is 2.88. The highest BCUT2D eigenvalue weighted by atomic mass is 16.3. The molecule has 2 aliphatic rings. The summed E-state index contributed by atoms with van der Waals surface area (Å²) >= 11 is 0. The van der Waals surface area contributed by atoms with Crippen molar-refractivity contribution < 1.29 is 9.90 Å². The molecule has 1 aromatic rings. The van der Waals surface area contributed by atoms with Crippen molar-refractivity contribution in [2.45, 2.75) is 63.5 Å². The maximum atomic E-state index is 12.3. The fraction of sp³-hybridized carbons (Fsp3) is 0.706. The summed E-state index contributed by atoms with van der Waals surface area (Å²) in [6, 6.07) is 4.30. The van der Waals surface area contributed by atoms with Gasteiger partial charge in [0, 0.05) is 18.8 Å². The number of carbonyl (C=O) groups is 1. The zero-order valence-corrected chi connectivity index (χ0v) is 12.8. The van der Waals surface area contributed by atoms with Crippen LogP contribution >= 0.6 is 0 Å². The van der Waals surface area contributed by atoms with E-state index in [0.717, 1.165) is 50.1 Å². The average Bonchev–Trinajstić information content (AvgIpc) is 3.23. The maximum absolute atomic E-state index is 12.3. The molecule has 1 heterocycles. The quantitative estimate of drug-likeness (QED) is 0.876. The maximum Gasteiger partial charge on any atom is 0.268 e. The van der Waals surface area contributed by atoms with Crippen LogP contribution in [0.1, 0.15) is 68.4 Å². The normalized spacial score (nSPS) is 29.3. The van der Waals surface area contributed by atoms with Crippen molar-refractivity contribution in [1.29, 1.82) is 0 Å². The lowest BCUT2D eigenvalue weighted by Crippen LogP contribution is -2.45. The third-order valence-electron chi connectivity index (χ3n) is 5.14. The van der Waals surface area contributed by atoms with Gasteiger partial charge in [0.2, 0.25) is 0 Å². The van der Waals surface area contributed by atoms with Gasteiger partial charge in [0.25, 0.3) is 5.91 Å². The molecule has 116 valence electrons. The van der Waals surface area contributed by atoms with E-state index in [0.29, 0.717) is 12.6 Å². The lowest BCUT2D eigenvalue weighted by Gasteiger charge is -2.35. The summed E-state index contributed by atoms with van der Waals surface area (Å²) in [5, 5.41) is 13.5. The zero-order chi connectivity index (χ0) is 14.9. The average molecular weight is 290 g/mol. The molecule has 0 bridgehead atoms. The molecule has 21 heavy (non-hydrogen) atoms. The van der Waals surface area contributed by atoms with E-state index in [-0.39, 0.29) is 5.91 Å². The second kappa shape index (κ2) is 5.84. The Kier molecular flexibility index (Phi) is 4.07. The minimum absolute atomic E-state index is 0.0575. The largest absolute Gasteiger partial charge is 0.388 e. The number of rotatable bonds is 5. The SMILES string of the molecule is CCC1CCC(O)(CNC(=O)c2cccn2C2CC2)CC1. The molecule has 0 spiro atoms. The van der Waals surface area contributed by atoms with E-state index < -0.39 is 5.60 Å². The van der Waals surface area contributed by atoms with Crippen LogP contribution < -0.4 is 5.32 Å². The number of hydrogen-bond donors (Lipinski definition) is 2. The molecule has 4 heteroatoms. The number of aromatic nitrogens is 1. The first-order chi connectivity index (χ1) is 10.1. The standard InChI is InChI=1S/C17H26N2O2/c1-2-13-7-9-17(21,10-8-13)12-18-16(20)15-4-3-11-19(15)14-5-6-14/h3-4,11,13-14,21H,2,5-10,12H2,1H3,(H,18,20). The van der Waals surface area contributed by atoms with Crippen LogP contribution in [0.5, 0.6) is 0 Å². The van der Waals surface area contributed by atoms with Crippen molar-refractivity contribution in [2.75, 3.05) is 6.54 Å². The number of hydrogen-bond acceptors (Lipinski definition) is 2. The van der Waals surface area contributed by atoms with Crippen molar-refractivity contribution in [2.24, 2.45) is 5.92 Å². The van der Waals surface area contributed by atoms with Gasteiger partial charge in [-0.05, 0) is 56.6 Å². The van der Waals surface area contributed by atoms with Crippen LogP contribution in [0.15, 0.2) is 18.3 Å². The Morgan fingerprint density at radius 3 is 2.71 bits per heavy atom. The highest BCUT2D eigenvalue weighted by Gasteiger charge is 2.33. The lowest BCUT2D eigenvalue weighted by atomic mass is 9.78. The third kappa shape index (κ3) is 3.31. The van der Waals surface area contributed by atoms with Crippen LogP contribution in [0.2, 0.25) is 0 Å². The van der Waals surface area contributed by atoms with Gasteiger partial charge >= 0.3 is 0 Å². The summed E-state index contributed by atoms with van der Waals surface area (Å²) in [6.45, 7) is 2.58. The molecule has 0 saturated heterocycles. The van der Waals surface area contributed by atoms with Gasteiger partial charge in [0.15, 0.2) is 0 Å². The Balaban J connectivity index is 1.55. The van der Waals surface area contributed by atoms with Gasteiger partial charge < -0.3 is 15.0 Å². The van der Waals surface area contributed by atoms with Crippen molar-refractivity contribution in [3.63, 3.8) is 0 Å². The predicted molar refractivity (Wildman–Crippen MR) is 82.2 cm³/mol. The molecule has 0 atom stereocenters. The van der Waals surface area contributed by atoms with E-state index in [9.17, 15) is 9.90 Å². The second-order valence-corrected chi connectivity index (χ2v) is 6.79. The fourth-order valence-electron chi connectivity index (χ4n) is 3.39. The molecule has 0 unspecified atom stereocenters. The van der Waals surface area contributed by atoms with E-state index in [1.54, 1.807) is 0 Å². The Labute approximate surface area is 126 Å². The summed E-state index contributed by atoms with van der Waals surface area (Å²) in [5.41, 5.74) is 0.0153. The van der Waals surface area contributed by atoms with Crippen molar-refractivity contribution in [3.05, 3.63) is 24.0 Å². The Morgan fingerprint density at radius 1 is 1.38 bits per heavy atom. The van der Waals surface area contributed by atoms with Gasteiger partial charge in [-0.25, -0.2) is 0 Å². The highest BCUT2D eigenvalue weighted by molar-refractivity contribution is 5.92. The van der Waals surface area contributed by atoms with Crippen LogP contribution in [-0.4, -0.2) is 27.7 Å². The van der Waals surface area contributed by atoms with E-state index in [2.05, 4.69) is 16.8 Å². The van der Waals surface area contributed by atoms with E-state index in [1.807, 2.05) is 18.3 Å². The summed E-state index contributed by atoms with van der Waals surface area (Å²) in [5.74, 6) is 0.686. The number of carbonyl (C=O) groups excluding carboxylic acids is 1. The zero-order valence-electron chi connectivity index (χ0n) is 12.8. The first-order valence-electron chi connectivity index (χ1n) is 8.29. The van der Waals surface area contributed by atoms with Crippen LogP contribution in [0.3, 0.4) is 0 Å². The van der Waals surface area contributed by atoms with Crippen molar-refractivity contribution >= 4 is 5.91 Å². The summed E-state index contributed by atoms with van der Waals surface area (Å²) in [4.78, 5) is 12.3. The minimum Gasteiger partial charge on any atom is -0.388 e. The fourth-order valence-corrected chi connectivity index (χ4v) is 3.39. The molecular formula is C17H26N2O2. The molecule has 0 radical (unpaired) electrons. The second-order valence-electron chi connectivity index (χ2n) is 6.79. The topological polar surface area (TPSA) is 54.3 Å². The van der Waals surface area contributed by atoms with Crippen molar-refractivity contribution in [3.8, 4) is 0 Å². The molecule has 4 nitrogen and oxygen atoms in total. The van der Waals surface area contributed by atoms with E-state index in [4.69, 9.17) is 0 Å². The summed E-state index contributed by atoms with van der Waals surface area (Å²) in [7, 11) is 0. The number of nitrogens with zero attached hydrogens (tertiary/aromatic N) is 1. The third-order valence-corrected chi connectivity index (χ3v) is 5.14. The Bertz CT molecular complexity index is 497. The highest BCUT2D eigenvalue weighted by Crippen LogP contribution is 2.36. The number of amides is 1. The summed E-state index contributed by atoms with van der Waals surface area (Å²) in [6.07, 6.45) is 9.24. The molecule has 0 aromatic carbocycles. The molecule has 2 saturated carbocycles. The van der Waals surface area contributed by atoms with Crippen LogP contribution in [0, 0.1) is 5.92 Å². The minimum atomic E-state index is -0.710. The molecule has 0 aliphatic heterocycles. The van der Waals surface area contributed by atoms with Gasteiger partial charge in [-0.1, -0.05) is 13.3 Å². The number of nitrogens with one attached hydrogen (secondary N) is 1. The molecule has 1 aromatic heterocycles. The van der Waals surface area contributed by atoms with Gasteiger partial charge in [-0.2, -0.15) is 0 Å². The van der Waals surface area contributed by atoms with Gasteiger partial charge in [0.05, 0.1) is 5.60 Å². The first kappa shape index (κ1) is 14.6. The Hall–Kier alpha value is -1.29. The van der Waals surface area contributed by atoms with Gasteiger partial charge in [0.1, 0.15) is 5.69 Å². The van der Waals surface area contributed by atoms with Gasteiger partial charge in [-0.3, -0.25) is 4.79 Å². The Morgan fingerprint density at radius 2 is 2.10 bits per heavy atom. The first-order valence-corrected chi connectivity index (χ1v) is 8.29. The van der Waals surface area contributed by atoms with Crippen LogP contribution in [0.4, 0.5) is 0 Å². The van der Waals surface area contributed by atoms with Crippen molar-refractivity contribution in [1.82, 2.24) is 9.88 Å².